The quantitative estimate of drug-likeness (QED) is 0.679. The van der Waals surface area contributed by atoms with Crippen LogP contribution in [0.1, 0.15) is 10.7 Å². The zero-order chi connectivity index (χ0) is 13.9. The Morgan fingerprint density at radius 3 is 3.00 bits per heavy atom. The molecule has 1 aromatic carbocycles. The fourth-order valence-electron chi connectivity index (χ4n) is 2.26. The fraction of sp³-hybridized carbons (Fsp3) is 0.286. The summed E-state index contributed by atoms with van der Waals surface area (Å²) in [4.78, 5) is 10.0. The number of para-hydroxylation sites is 1. The molecular formula is C14H14ClN3OS. The molecule has 104 valence electrons. The van der Waals surface area contributed by atoms with Gasteiger partial charge < -0.3 is 9.30 Å². The lowest BCUT2D eigenvalue weighted by Crippen LogP contribution is -2.04. The van der Waals surface area contributed by atoms with Gasteiger partial charge in [0.15, 0.2) is 0 Å². The van der Waals surface area contributed by atoms with Crippen LogP contribution >= 0.6 is 22.9 Å². The zero-order valence-electron chi connectivity index (χ0n) is 11.0. The summed E-state index contributed by atoms with van der Waals surface area (Å²) in [5.74, 6) is 2.32. The van der Waals surface area contributed by atoms with Crippen LogP contribution in [0.3, 0.4) is 0 Å². The molecule has 0 saturated heterocycles. The minimum atomic E-state index is 0.550. The Balaban J connectivity index is 2.13. The minimum absolute atomic E-state index is 0.550. The standard InChI is InChI=1S/C14H14ClN3OS/c1-19-12-4-2-3-11-14(12)17-13(5-6-15)18(11)8-10-7-16-9-20-10/h2-4,7,9H,5-6,8H2,1H3. The van der Waals surface area contributed by atoms with Crippen molar-refractivity contribution in [2.24, 2.45) is 0 Å². The second-order valence-corrected chi connectivity index (χ2v) is 5.70. The number of rotatable bonds is 5. The number of alkyl halides is 1. The highest BCUT2D eigenvalue weighted by Gasteiger charge is 2.14. The second kappa shape index (κ2) is 5.81. The molecule has 0 atom stereocenters. The maximum Gasteiger partial charge on any atom is 0.146 e. The fourth-order valence-corrected chi connectivity index (χ4v) is 3.01. The van der Waals surface area contributed by atoms with Gasteiger partial charge in [0.05, 0.1) is 24.7 Å². The molecule has 4 nitrogen and oxygen atoms in total. The lowest BCUT2D eigenvalue weighted by atomic mass is 10.3. The molecule has 0 amide bonds. The molecule has 0 aliphatic carbocycles. The van der Waals surface area contributed by atoms with Crippen LogP contribution in [0.15, 0.2) is 29.9 Å². The summed E-state index contributed by atoms with van der Waals surface area (Å²) in [6.07, 6.45) is 2.62. The zero-order valence-corrected chi connectivity index (χ0v) is 12.6. The normalized spacial score (nSPS) is 11.1. The number of nitrogens with zero attached hydrogens (tertiary/aromatic N) is 3. The molecule has 0 unspecified atom stereocenters. The van der Waals surface area contributed by atoms with E-state index in [1.165, 1.54) is 4.88 Å². The van der Waals surface area contributed by atoms with Crippen molar-refractivity contribution in [2.45, 2.75) is 13.0 Å². The maximum absolute atomic E-state index is 5.90. The Kier molecular flexibility index (Phi) is 3.89. The highest BCUT2D eigenvalue weighted by Crippen LogP contribution is 2.27. The average Bonchev–Trinajstić information content (AvgIpc) is 3.08. The predicted molar refractivity (Wildman–Crippen MR) is 81.9 cm³/mol. The van der Waals surface area contributed by atoms with E-state index in [0.29, 0.717) is 5.88 Å². The smallest absolute Gasteiger partial charge is 0.146 e. The molecule has 0 aliphatic heterocycles. The van der Waals surface area contributed by atoms with E-state index < -0.39 is 0 Å². The first-order valence-corrected chi connectivity index (χ1v) is 7.70. The van der Waals surface area contributed by atoms with E-state index in [1.54, 1.807) is 18.4 Å². The number of hydrogen-bond donors (Lipinski definition) is 0. The number of thiazole rings is 1. The summed E-state index contributed by atoms with van der Waals surface area (Å²) in [6, 6.07) is 5.97. The Morgan fingerprint density at radius 1 is 1.40 bits per heavy atom. The average molecular weight is 308 g/mol. The van der Waals surface area contributed by atoms with Gasteiger partial charge in [-0.3, -0.25) is 4.98 Å². The van der Waals surface area contributed by atoms with Gasteiger partial charge in [0.1, 0.15) is 17.1 Å². The monoisotopic (exact) mass is 307 g/mol. The third-order valence-corrected chi connectivity index (χ3v) is 4.11. The highest BCUT2D eigenvalue weighted by atomic mass is 35.5. The number of fused-ring (bicyclic) bond motifs is 1. The number of aromatic nitrogens is 3. The van der Waals surface area contributed by atoms with Gasteiger partial charge in [-0.05, 0) is 12.1 Å². The van der Waals surface area contributed by atoms with Gasteiger partial charge in [-0.15, -0.1) is 22.9 Å². The van der Waals surface area contributed by atoms with Crippen LogP contribution in [0.25, 0.3) is 11.0 Å². The number of imidazole rings is 1. The highest BCUT2D eigenvalue weighted by molar-refractivity contribution is 7.09. The van der Waals surface area contributed by atoms with E-state index in [2.05, 4.69) is 15.6 Å². The van der Waals surface area contributed by atoms with Gasteiger partial charge in [0.2, 0.25) is 0 Å². The van der Waals surface area contributed by atoms with Crippen LogP contribution in [-0.2, 0) is 13.0 Å². The van der Waals surface area contributed by atoms with Crippen LogP contribution < -0.4 is 4.74 Å². The summed E-state index contributed by atoms with van der Waals surface area (Å²) >= 11 is 7.54. The van der Waals surface area contributed by atoms with E-state index in [-0.39, 0.29) is 0 Å². The van der Waals surface area contributed by atoms with Crippen molar-refractivity contribution in [3.05, 3.63) is 40.6 Å². The maximum atomic E-state index is 5.90. The number of methoxy groups -OCH3 is 1. The van der Waals surface area contributed by atoms with Crippen molar-refractivity contribution in [3.8, 4) is 5.75 Å². The first kappa shape index (κ1) is 13.4. The number of benzene rings is 1. The summed E-state index contributed by atoms with van der Waals surface area (Å²) < 4.78 is 7.58. The summed E-state index contributed by atoms with van der Waals surface area (Å²) in [5, 5.41) is 0. The largest absolute Gasteiger partial charge is 0.494 e. The van der Waals surface area contributed by atoms with Gasteiger partial charge in [0.25, 0.3) is 0 Å². The SMILES string of the molecule is COc1cccc2c1nc(CCCl)n2Cc1cncs1. The van der Waals surface area contributed by atoms with Crippen LogP contribution in [0.2, 0.25) is 0 Å². The molecule has 3 rings (SSSR count). The first-order valence-electron chi connectivity index (χ1n) is 6.29. The van der Waals surface area contributed by atoms with E-state index >= 15 is 0 Å². The van der Waals surface area contributed by atoms with Gasteiger partial charge in [-0.25, -0.2) is 4.98 Å². The number of aryl methyl sites for hydroxylation is 1. The summed E-state index contributed by atoms with van der Waals surface area (Å²) in [6.45, 7) is 0.764. The molecule has 0 N–H and O–H groups in total. The Hall–Kier alpha value is -1.59. The van der Waals surface area contributed by atoms with Crippen molar-refractivity contribution in [2.75, 3.05) is 13.0 Å². The summed E-state index contributed by atoms with van der Waals surface area (Å²) in [5.41, 5.74) is 3.80. The molecule has 0 radical (unpaired) electrons. The first-order chi connectivity index (χ1) is 9.83. The molecule has 3 aromatic rings. The molecule has 20 heavy (non-hydrogen) atoms. The molecule has 6 heteroatoms. The molecule has 0 aliphatic rings. The number of hydrogen-bond acceptors (Lipinski definition) is 4. The van der Waals surface area contributed by atoms with Crippen molar-refractivity contribution in [3.63, 3.8) is 0 Å². The van der Waals surface area contributed by atoms with Crippen LogP contribution in [0.4, 0.5) is 0 Å². The Bertz CT molecular complexity index is 709. The number of halogens is 1. The van der Waals surface area contributed by atoms with Crippen LogP contribution in [0, 0.1) is 0 Å². The lowest BCUT2D eigenvalue weighted by Gasteiger charge is -2.07. The van der Waals surface area contributed by atoms with Gasteiger partial charge in [-0.1, -0.05) is 6.07 Å². The van der Waals surface area contributed by atoms with E-state index in [1.807, 2.05) is 23.8 Å². The summed E-state index contributed by atoms with van der Waals surface area (Å²) in [7, 11) is 1.66. The molecule has 0 bridgehead atoms. The molecule has 0 spiro atoms. The van der Waals surface area contributed by atoms with E-state index in [9.17, 15) is 0 Å². The van der Waals surface area contributed by atoms with Gasteiger partial charge in [-0.2, -0.15) is 0 Å². The van der Waals surface area contributed by atoms with Crippen molar-refractivity contribution in [1.82, 2.24) is 14.5 Å². The van der Waals surface area contributed by atoms with Gasteiger partial charge >= 0.3 is 0 Å². The Labute approximate surface area is 126 Å². The minimum Gasteiger partial charge on any atom is -0.494 e. The molecule has 0 saturated carbocycles. The van der Waals surface area contributed by atoms with Gasteiger partial charge in [0, 0.05) is 23.4 Å². The third-order valence-electron chi connectivity index (χ3n) is 3.16. The van der Waals surface area contributed by atoms with Crippen molar-refractivity contribution < 1.29 is 4.74 Å². The molecule has 2 heterocycles. The lowest BCUT2D eigenvalue weighted by molar-refractivity contribution is 0.419. The van der Waals surface area contributed by atoms with E-state index in [4.69, 9.17) is 21.3 Å². The molecule has 2 aromatic heterocycles. The second-order valence-electron chi connectivity index (χ2n) is 4.35. The predicted octanol–water partition coefficient (Wildman–Crippen LogP) is 3.33. The topological polar surface area (TPSA) is 39.9 Å². The number of ether oxygens (including phenoxy) is 1. The Morgan fingerprint density at radius 2 is 2.30 bits per heavy atom. The van der Waals surface area contributed by atoms with E-state index in [0.717, 1.165) is 35.6 Å². The molecule has 0 fully saturated rings. The van der Waals surface area contributed by atoms with Crippen molar-refractivity contribution >= 4 is 34.0 Å². The molecular weight excluding hydrogens is 294 g/mol. The van der Waals surface area contributed by atoms with Crippen LogP contribution in [-0.4, -0.2) is 27.5 Å². The van der Waals surface area contributed by atoms with Crippen LogP contribution in [0.5, 0.6) is 5.75 Å². The van der Waals surface area contributed by atoms with Crippen molar-refractivity contribution in [1.29, 1.82) is 0 Å². The third kappa shape index (κ3) is 2.39.